The third kappa shape index (κ3) is 3.99. The number of benzene rings is 9. The van der Waals surface area contributed by atoms with E-state index in [1.807, 2.05) is 0 Å². The summed E-state index contributed by atoms with van der Waals surface area (Å²) in [5.41, 5.74) is 19.6. The molecule has 280 valence electrons. The summed E-state index contributed by atoms with van der Waals surface area (Å²) in [5.74, 6) is 1.79. The molecule has 7 heteroatoms. The number of nitrogens with zero attached hydrogens (tertiary/aromatic N) is 3. The molecule has 9 aromatic carbocycles. The Morgan fingerprint density at radius 2 is 0.918 bits per heavy atom. The molecular formula is C54H31B2N3O2. The van der Waals surface area contributed by atoms with Crippen LogP contribution in [0.4, 0.5) is 34.1 Å². The number of ether oxygens (including phenoxy) is 1. The summed E-state index contributed by atoms with van der Waals surface area (Å²) in [6.07, 6.45) is 0. The second-order valence-electron chi connectivity index (χ2n) is 16.7. The highest BCUT2D eigenvalue weighted by Gasteiger charge is 2.51. The quantitative estimate of drug-likeness (QED) is 0.164. The molecule has 0 saturated carbocycles. The molecule has 61 heavy (non-hydrogen) atoms. The number of rotatable bonds is 2. The van der Waals surface area contributed by atoms with Crippen LogP contribution < -0.4 is 47.3 Å². The maximum atomic E-state index is 7.12. The standard InChI is InChI=1S/C54H31B2N3O2/c1-7-21-40-32(15-1)33-16-2-8-22-41(33)57(40)44-25-11-12-26-45(44)58-46-30-50-35(34-17-3-13-27-48(34)60-50)29-39(46)56-37-19-5-10-24-43(37)59-42-23-9-4-18-36(42)55-38-20-6-14-28-49(38)61-51-31-47(58)52(56)54(59)53(51)55/h1-31H. The van der Waals surface area contributed by atoms with Crippen LogP contribution >= 0.6 is 0 Å². The van der Waals surface area contributed by atoms with E-state index < -0.39 is 0 Å². The molecule has 11 aromatic rings. The van der Waals surface area contributed by atoms with Gasteiger partial charge in [-0.3, -0.25) is 0 Å². The van der Waals surface area contributed by atoms with Crippen molar-refractivity contribution in [2.75, 3.05) is 9.80 Å². The maximum Gasteiger partial charge on any atom is 0.256 e. The van der Waals surface area contributed by atoms with Crippen molar-refractivity contribution in [1.82, 2.24) is 4.57 Å². The summed E-state index contributed by atoms with van der Waals surface area (Å²) in [7, 11) is 0. The van der Waals surface area contributed by atoms with E-state index in [1.54, 1.807) is 0 Å². The van der Waals surface area contributed by atoms with E-state index in [0.29, 0.717) is 0 Å². The first-order valence-electron chi connectivity index (χ1n) is 21.1. The van der Waals surface area contributed by atoms with E-state index in [0.717, 1.165) is 56.2 Å². The van der Waals surface area contributed by atoms with Gasteiger partial charge < -0.3 is 23.5 Å². The minimum absolute atomic E-state index is 0.0126. The largest absolute Gasteiger partial charge is 0.458 e. The zero-order valence-electron chi connectivity index (χ0n) is 32.7. The molecule has 6 heterocycles. The van der Waals surface area contributed by atoms with Gasteiger partial charge in [0.15, 0.2) is 0 Å². The number of aromatic nitrogens is 1. The van der Waals surface area contributed by atoms with Crippen molar-refractivity contribution in [1.29, 1.82) is 0 Å². The fraction of sp³-hybridized carbons (Fsp3) is 0. The van der Waals surface area contributed by atoms with Crippen molar-refractivity contribution in [3.05, 3.63) is 188 Å². The molecule has 0 aliphatic carbocycles. The smallest absolute Gasteiger partial charge is 0.256 e. The van der Waals surface area contributed by atoms with Crippen LogP contribution in [0.2, 0.25) is 0 Å². The van der Waals surface area contributed by atoms with Gasteiger partial charge in [0.05, 0.1) is 22.4 Å². The van der Waals surface area contributed by atoms with E-state index in [2.05, 4.69) is 202 Å². The topological polar surface area (TPSA) is 33.8 Å². The van der Waals surface area contributed by atoms with E-state index >= 15 is 0 Å². The fourth-order valence-electron chi connectivity index (χ4n) is 11.5. The van der Waals surface area contributed by atoms with Crippen LogP contribution in [0.25, 0.3) is 49.4 Å². The van der Waals surface area contributed by atoms with E-state index in [1.165, 1.54) is 71.6 Å². The van der Waals surface area contributed by atoms with Crippen LogP contribution in [0.1, 0.15) is 0 Å². The van der Waals surface area contributed by atoms with Crippen molar-refractivity contribution >= 4 is 124 Å². The predicted octanol–water partition coefficient (Wildman–Crippen LogP) is 9.70. The number of para-hydroxylation sites is 8. The average Bonchev–Trinajstić information content (AvgIpc) is 3.85. The number of fused-ring (bicyclic) bond motifs is 16. The lowest BCUT2D eigenvalue weighted by Gasteiger charge is -2.49. The summed E-state index contributed by atoms with van der Waals surface area (Å²) >= 11 is 0. The van der Waals surface area contributed by atoms with E-state index in [4.69, 9.17) is 9.15 Å². The van der Waals surface area contributed by atoms with Crippen molar-refractivity contribution in [2.24, 2.45) is 0 Å². The van der Waals surface area contributed by atoms with Gasteiger partial charge in [-0.2, -0.15) is 0 Å². The minimum atomic E-state index is -0.0597. The first-order chi connectivity index (χ1) is 30.3. The van der Waals surface area contributed by atoms with Gasteiger partial charge in [0, 0.05) is 62.1 Å². The number of anilines is 6. The van der Waals surface area contributed by atoms with Crippen LogP contribution in [-0.4, -0.2) is 18.0 Å². The highest BCUT2D eigenvalue weighted by molar-refractivity contribution is 7.04. The Hall–Kier alpha value is -7.89. The molecule has 5 nitrogen and oxygen atoms in total. The predicted molar refractivity (Wildman–Crippen MR) is 253 cm³/mol. The Bertz CT molecular complexity index is 3700. The molecule has 0 atom stereocenters. The molecule has 0 unspecified atom stereocenters. The zero-order chi connectivity index (χ0) is 39.5. The molecule has 0 N–H and O–H groups in total. The molecule has 0 fully saturated rings. The summed E-state index contributed by atoms with van der Waals surface area (Å²) < 4.78 is 16.3. The zero-order valence-corrected chi connectivity index (χ0v) is 32.7. The van der Waals surface area contributed by atoms with Crippen molar-refractivity contribution in [3.63, 3.8) is 0 Å². The summed E-state index contributed by atoms with van der Waals surface area (Å²) in [6, 6.07) is 68.6. The van der Waals surface area contributed by atoms with E-state index in [-0.39, 0.29) is 13.4 Å². The highest BCUT2D eigenvalue weighted by Crippen LogP contribution is 2.50. The SMILES string of the molecule is c1ccc2c(c1)Oc1cc3c4c5c1B2c1ccccc1N5c1ccccc1B4c1cc2c(cc1N3c1ccccc1-n1c3ccccc3c3ccccc31)oc1ccccc12. The van der Waals surface area contributed by atoms with Crippen molar-refractivity contribution < 1.29 is 9.15 Å². The first kappa shape index (κ1) is 32.0. The lowest BCUT2D eigenvalue weighted by Crippen LogP contribution is -2.67. The van der Waals surface area contributed by atoms with Gasteiger partial charge in [-0.1, -0.05) is 127 Å². The summed E-state index contributed by atoms with van der Waals surface area (Å²) in [5, 5.41) is 4.71. The third-order valence-electron chi connectivity index (χ3n) is 13.8. The number of furan rings is 1. The molecular weight excluding hydrogens is 744 g/mol. The molecule has 15 rings (SSSR count). The average molecular weight is 775 g/mol. The highest BCUT2D eigenvalue weighted by atomic mass is 16.5. The second-order valence-corrected chi connectivity index (χ2v) is 16.7. The molecule has 4 aliphatic rings. The first-order valence-corrected chi connectivity index (χ1v) is 21.1. The van der Waals surface area contributed by atoms with Gasteiger partial charge in [-0.15, -0.1) is 0 Å². The van der Waals surface area contributed by atoms with Crippen LogP contribution in [-0.2, 0) is 0 Å². The molecule has 0 amide bonds. The Morgan fingerprint density at radius 3 is 1.66 bits per heavy atom. The Labute approximate surface area is 351 Å². The maximum absolute atomic E-state index is 7.12. The second kappa shape index (κ2) is 11.4. The molecule has 0 bridgehead atoms. The summed E-state index contributed by atoms with van der Waals surface area (Å²) in [4.78, 5) is 5.05. The van der Waals surface area contributed by atoms with Crippen molar-refractivity contribution in [2.45, 2.75) is 0 Å². The van der Waals surface area contributed by atoms with Crippen LogP contribution in [0, 0.1) is 0 Å². The van der Waals surface area contributed by atoms with Crippen molar-refractivity contribution in [3.8, 4) is 17.2 Å². The van der Waals surface area contributed by atoms with E-state index in [9.17, 15) is 0 Å². The Morgan fingerprint density at radius 1 is 0.344 bits per heavy atom. The number of hydrogen-bond donors (Lipinski definition) is 0. The normalized spacial score (nSPS) is 13.9. The number of hydrogen-bond acceptors (Lipinski definition) is 4. The third-order valence-corrected chi connectivity index (χ3v) is 13.8. The van der Waals surface area contributed by atoms with Gasteiger partial charge in [0.25, 0.3) is 13.4 Å². The lowest BCUT2D eigenvalue weighted by atomic mass is 9.29. The monoisotopic (exact) mass is 775 g/mol. The summed E-state index contributed by atoms with van der Waals surface area (Å²) in [6.45, 7) is -0.0470. The van der Waals surface area contributed by atoms with Gasteiger partial charge >= 0.3 is 0 Å². The molecule has 0 saturated heterocycles. The van der Waals surface area contributed by atoms with Gasteiger partial charge in [0.1, 0.15) is 22.7 Å². The van der Waals surface area contributed by atoms with Gasteiger partial charge in [0.2, 0.25) is 0 Å². The molecule has 0 radical (unpaired) electrons. The molecule has 2 aromatic heterocycles. The Kier molecular flexibility index (Phi) is 6.00. The Balaban J connectivity index is 1.12. The molecule has 0 spiro atoms. The molecule has 4 aliphatic heterocycles. The fourth-order valence-corrected chi connectivity index (χ4v) is 11.5. The van der Waals surface area contributed by atoms with Crippen LogP contribution in [0.15, 0.2) is 192 Å². The van der Waals surface area contributed by atoms with Crippen LogP contribution in [0.3, 0.4) is 0 Å². The van der Waals surface area contributed by atoms with Gasteiger partial charge in [-0.05, 0) is 81.3 Å². The lowest BCUT2D eigenvalue weighted by molar-refractivity contribution is 0.488. The minimum Gasteiger partial charge on any atom is -0.458 e. The van der Waals surface area contributed by atoms with Gasteiger partial charge in [-0.25, -0.2) is 0 Å². The van der Waals surface area contributed by atoms with Crippen LogP contribution in [0.5, 0.6) is 11.5 Å².